The van der Waals surface area contributed by atoms with Crippen molar-refractivity contribution >= 4 is 18.6 Å². The van der Waals surface area contributed by atoms with Crippen LogP contribution >= 0.6 is 0 Å². The topological polar surface area (TPSA) is 17.3 Å². The molecule has 3 aromatic rings. The Kier molecular flexibility index (Phi) is 12.2. The third-order valence-corrected chi connectivity index (χ3v) is 14.1. The predicted molar refractivity (Wildman–Crippen MR) is 183 cm³/mol. The Morgan fingerprint density at radius 3 is 1.60 bits per heavy atom. The van der Waals surface area contributed by atoms with Crippen LogP contribution < -0.4 is 10.4 Å². The summed E-state index contributed by atoms with van der Waals surface area (Å²) in [6.07, 6.45) is 10.8. The molecule has 1 heterocycles. The summed E-state index contributed by atoms with van der Waals surface area (Å²) in [5, 5.41) is 2.91. The molecule has 3 aliphatic rings. The molecule has 2 nitrogen and oxygen atoms in total. The number of allylic oxidation sites excluding steroid dienone is 3. The van der Waals surface area contributed by atoms with Crippen molar-refractivity contribution in [1.29, 1.82) is 0 Å². The van der Waals surface area contributed by atoms with E-state index >= 15 is 0 Å². The third kappa shape index (κ3) is 6.71. The Hall–Kier alpha value is -2.01. The number of aryl methyl sites for hydroxylation is 2. The summed E-state index contributed by atoms with van der Waals surface area (Å²) in [4.78, 5) is 8.75. The van der Waals surface area contributed by atoms with Gasteiger partial charge < -0.3 is 27.3 Å². The van der Waals surface area contributed by atoms with E-state index in [2.05, 4.69) is 137 Å². The molecule has 6 rings (SSSR count). The van der Waals surface area contributed by atoms with Crippen molar-refractivity contribution in [2.75, 3.05) is 0 Å². The van der Waals surface area contributed by atoms with Gasteiger partial charge in [-0.15, -0.1) is 5.54 Å². The van der Waals surface area contributed by atoms with Crippen LogP contribution in [0.4, 0.5) is 0 Å². The molecular weight excluding hydrogens is 560 g/mol. The van der Waals surface area contributed by atoms with Gasteiger partial charge in [0.25, 0.3) is 0 Å². The van der Waals surface area contributed by atoms with Crippen molar-refractivity contribution < 1.29 is 21.7 Å². The molecule has 1 fully saturated rings. The molecule has 0 radical (unpaired) electrons. The molecule has 0 amide bonds. The van der Waals surface area contributed by atoms with Crippen LogP contribution in [0.2, 0.25) is 5.54 Å². The van der Waals surface area contributed by atoms with Gasteiger partial charge in [0.2, 0.25) is 0 Å². The van der Waals surface area contributed by atoms with Gasteiger partial charge in [-0.3, -0.25) is 4.90 Å². The maximum atomic E-state index is 5.98. The number of fused-ring (bicyclic) bond motifs is 2. The standard InChI is InChI=1S/C35H41N2Si.3CH3.Ti/c1-25-14-18-29(19-15-25)38(36-35(3,4)5,30-20-16-26(2)17-21-30)34-22-33(31-12-8-9-13-32(31)34)37-23-27-10-6-7-11-28(27)24-37;;;;/h6-21,31-34H,22-24H2,1-5H3;3*1H3;/q4*-1;+4. The first kappa shape index (κ1) is 36.2. The van der Waals surface area contributed by atoms with Gasteiger partial charge in [-0.25, -0.2) is 0 Å². The fourth-order valence-electron chi connectivity index (χ4n) is 7.39. The summed E-state index contributed by atoms with van der Waals surface area (Å²) in [7, 11) is -2.56. The van der Waals surface area contributed by atoms with Crippen LogP contribution in [0.15, 0.2) is 97.1 Å². The Morgan fingerprint density at radius 2 is 1.14 bits per heavy atom. The second-order valence-corrected chi connectivity index (χ2v) is 16.4. The minimum atomic E-state index is -2.56. The van der Waals surface area contributed by atoms with E-state index < -0.39 is 8.24 Å². The van der Waals surface area contributed by atoms with Crippen LogP contribution in [0.1, 0.15) is 49.4 Å². The van der Waals surface area contributed by atoms with Crippen molar-refractivity contribution in [1.82, 2.24) is 4.90 Å². The number of hydrogen-bond acceptors (Lipinski definition) is 1. The second-order valence-electron chi connectivity index (χ2n) is 12.8. The average Bonchev–Trinajstić information content (AvgIpc) is 3.50. The molecule has 42 heavy (non-hydrogen) atoms. The fourth-order valence-corrected chi connectivity index (χ4v) is 12.9. The molecule has 3 aromatic carbocycles. The van der Waals surface area contributed by atoms with E-state index in [9.17, 15) is 0 Å². The largest absolute Gasteiger partial charge is 4.00 e. The summed E-state index contributed by atoms with van der Waals surface area (Å²) in [6.45, 7) is 13.4. The van der Waals surface area contributed by atoms with Gasteiger partial charge >= 0.3 is 21.7 Å². The Bertz CT molecular complexity index is 1280. The number of nitrogens with zero attached hydrogens (tertiary/aromatic N) is 2. The van der Waals surface area contributed by atoms with Crippen molar-refractivity contribution in [3.8, 4) is 0 Å². The van der Waals surface area contributed by atoms with Gasteiger partial charge in [0.1, 0.15) is 0 Å². The third-order valence-electron chi connectivity index (χ3n) is 8.99. The molecule has 1 aliphatic heterocycles. The predicted octanol–water partition coefficient (Wildman–Crippen LogP) is 8.40. The fraction of sp³-hybridized carbons (Fsp3) is 0.342. The van der Waals surface area contributed by atoms with Crippen molar-refractivity contribution in [3.63, 3.8) is 0 Å². The molecule has 0 saturated heterocycles. The van der Waals surface area contributed by atoms with Gasteiger partial charge in [-0.1, -0.05) is 139 Å². The van der Waals surface area contributed by atoms with Crippen molar-refractivity contribution in [3.05, 3.63) is 147 Å². The Balaban J connectivity index is 0.00000154. The molecule has 0 bridgehead atoms. The summed E-state index contributed by atoms with van der Waals surface area (Å²) < 4.78 is 0. The Morgan fingerprint density at radius 1 is 0.690 bits per heavy atom. The molecule has 0 N–H and O–H groups in total. The average molecular weight is 611 g/mol. The Labute approximate surface area is 273 Å². The first-order chi connectivity index (χ1) is 18.2. The van der Waals surface area contributed by atoms with E-state index in [-0.39, 0.29) is 49.5 Å². The van der Waals surface area contributed by atoms with Gasteiger partial charge in [0.15, 0.2) is 0 Å². The molecule has 4 heteroatoms. The minimum Gasteiger partial charge on any atom is -0.652 e. The van der Waals surface area contributed by atoms with Crippen molar-refractivity contribution in [2.24, 2.45) is 11.8 Å². The van der Waals surface area contributed by atoms with Crippen LogP contribution in [0.3, 0.4) is 0 Å². The van der Waals surface area contributed by atoms with Crippen LogP contribution in [-0.2, 0) is 34.8 Å². The number of rotatable bonds is 5. The SMILES string of the molecule is Cc1ccc([Si]([N-]C(C)(C)C)(c2ccc(C)cc2)C2CC(N3Cc4ccccc4C3)C3C=CC=CC32)cc1.[CH3-].[CH3-].[CH3-].[Ti+4]. The van der Waals surface area contributed by atoms with E-state index in [0.29, 0.717) is 23.4 Å². The molecule has 4 atom stereocenters. The molecule has 4 unspecified atom stereocenters. The molecule has 220 valence electrons. The summed E-state index contributed by atoms with van der Waals surface area (Å²) in [5.74, 6) is 1.02. The maximum Gasteiger partial charge on any atom is 4.00 e. The van der Waals surface area contributed by atoms with Crippen LogP contribution in [0.5, 0.6) is 0 Å². The summed E-state index contributed by atoms with van der Waals surface area (Å²) in [5.41, 5.74) is 5.99. The zero-order chi connectivity index (χ0) is 26.5. The van der Waals surface area contributed by atoms with E-state index in [4.69, 9.17) is 4.98 Å². The normalized spacial score (nSPS) is 22.6. The van der Waals surface area contributed by atoms with Crippen LogP contribution in [0.25, 0.3) is 4.98 Å². The summed E-state index contributed by atoms with van der Waals surface area (Å²) in [6, 6.07) is 28.4. The van der Waals surface area contributed by atoms with Crippen LogP contribution in [-0.4, -0.2) is 24.7 Å². The van der Waals surface area contributed by atoms with Crippen molar-refractivity contribution in [2.45, 2.75) is 71.3 Å². The van der Waals surface area contributed by atoms with Crippen LogP contribution in [0, 0.1) is 48.0 Å². The van der Waals surface area contributed by atoms with E-state index in [1.54, 1.807) is 0 Å². The van der Waals surface area contributed by atoms with Gasteiger partial charge in [-0.05, 0) is 48.8 Å². The smallest absolute Gasteiger partial charge is 0.652 e. The molecule has 0 aromatic heterocycles. The van der Waals surface area contributed by atoms with Gasteiger partial charge in [0, 0.05) is 27.4 Å². The zero-order valence-corrected chi connectivity index (χ0v) is 29.6. The quantitative estimate of drug-likeness (QED) is 0.210. The molecule has 2 aliphatic carbocycles. The zero-order valence-electron chi connectivity index (χ0n) is 27.1. The molecular formula is C38H50N2SiTi. The minimum absolute atomic E-state index is 0. The van der Waals surface area contributed by atoms with Gasteiger partial charge in [-0.2, -0.15) is 0 Å². The monoisotopic (exact) mass is 610 g/mol. The van der Waals surface area contributed by atoms with E-state index in [0.717, 1.165) is 13.1 Å². The molecule has 0 spiro atoms. The summed E-state index contributed by atoms with van der Waals surface area (Å²) >= 11 is 0. The van der Waals surface area contributed by atoms with E-state index in [1.165, 1.54) is 39.0 Å². The number of benzene rings is 3. The number of hydrogen-bond donors (Lipinski definition) is 0. The first-order valence-electron chi connectivity index (χ1n) is 14.3. The van der Waals surface area contributed by atoms with E-state index in [1.807, 2.05) is 0 Å². The maximum absolute atomic E-state index is 5.98. The van der Waals surface area contributed by atoms with Gasteiger partial charge in [0.05, 0.1) is 0 Å². The second kappa shape index (κ2) is 14.2. The first-order valence-corrected chi connectivity index (χ1v) is 16.3. The molecule has 1 saturated carbocycles.